The summed E-state index contributed by atoms with van der Waals surface area (Å²) >= 11 is 0. The summed E-state index contributed by atoms with van der Waals surface area (Å²) in [5.74, 6) is -0.797. The van der Waals surface area contributed by atoms with E-state index in [9.17, 15) is 14.7 Å². The Morgan fingerprint density at radius 3 is 2.93 bits per heavy atom. The third-order valence-electron chi connectivity index (χ3n) is 3.49. The smallest absolute Gasteiger partial charge is 0.252 e. The number of fused-ring (bicyclic) bond motifs is 2. The maximum absolute atomic E-state index is 11.6. The van der Waals surface area contributed by atoms with E-state index < -0.39 is 11.5 Å². The van der Waals surface area contributed by atoms with Crippen LogP contribution in [0.5, 0.6) is 0 Å². The zero-order valence-corrected chi connectivity index (χ0v) is 8.25. The first kappa shape index (κ1) is 9.65. The normalized spacial score (nSPS) is 42.1. The highest BCUT2D eigenvalue weighted by Crippen LogP contribution is 2.36. The van der Waals surface area contributed by atoms with Crippen molar-refractivity contribution in [1.82, 2.24) is 5.32 Å². The number of hydrogen-bond acceptors (Lipinski definition) is 3. The molecule has 2 N–H and O–H groups in total. The van der Waals surface area contributed by atoms with Gasteiger partial charge in [0.25, 0.3) is 5.91 Å². The highest BCUT2D eigenvalue weighted by atomic mass is 16.3. The van der Waals surface area contributed by atoms with Crippen molar-refractivity contribution in [1.29, 1.82) is 0 Å². The summed E-state index contributed by atoms with van der Waals surface area (Å²) in [6.07, 6.45) is 2.12. The van der Waals surface area contributed by atoms with Crippen molar-refractivity contribution < 1.29 is 14.7 Å². The van der Waals surface area contributed by atoms with Crippen LogP contribution >= 0.6 is 0 Å². The van der Waals surface area contributed by atoms with Crippen LogP contribution in [0.3, 0.4) is 0 Å². The number of hydrogen-bond donors (Lipinski definition) is 2. The number of nitrogens with one attached hydrogen (secondary N) is 1. The zero-order chi connectivity index (χ0) is 10.3. The molecule has 0 aromatic heterocycles. The van der Waals surface area contributed by atoms with Crippen LogP contribution in [0.4, 0.5) is 0 Å². The molecule has 2 fully saturated rings. The van der Waals surface area contributed by atoms with E-state index in [0.29, 0.717) is 19.3 Å². The SMILES string of the molecule is CC[C@]1(O)C(=O)N[C@H]2CCC(=O)[C@@H]1C2. The van der Waals surface area contributed by atoms with Crippen molar-refractivity contribution in [2.24, 2.45) is 5.92 Å². The molecule has 1 amide bonds. The molecule has 0 spiro atoms. The predicted molar refractivity (Wildman–Crippen MR) is 49.5 cm³/mol. The van der Waals surface area contributed by atoms with Gasteiger partial charge in [-0.1, -0.05) is 6.92 Å². The number of rotatable bonds is 1. The van der Waals surface area contributed by atoms with Gasteiger partial charge >= 0.3 is 0 Å². The highest BCUT2D eigenvalue weighted by molar-refractivity contribution is 5.95. The van der Waals surface area contributed by atoms with Crippen LogP contribution in [0, 0.1) is 5.92 Å². The minimum Gasteiger partial charge on any atom is -0.379 e. The van der Waals surface area contributed by atoms with Gasteiger partial charge < -0.3 is 10.4 Å². The summed E-state index contributed by atoms with van der Waals surface area (Å²) in [4.78, 5) is 23.2. The number of piperidine rings is 1. The minimum absolute atomic E-state index is 0.0421. The average Bonchev–Trinajstić information content (AvgIpc) is 2.18. The lowest BCUT2D eigenvalue weighted by Crippen LogP contribution is -2.64. The van der Waals surface area contributed by atoms with Gasteiger partial charge in [-0.05, 0) is 19.3 Å². The Bertz CT molecular complexity index is 289. The lowest BCUT2D eigenvalue weighted by Gasteiger charge is -2.44. The summed E-state index contributed by atoms with van der Waals surface area (Å²) in [6, 6.07) is 0.0945. The van der Waals surface area contributed by atoms with Gasteiger partial charge in [0.1, 0.15) is 5.78 Å². The molecule has 3 atom stereocenters. The quantitative estimate of drug-likeness (QED) is 0.621. The number of amides is 1. The Labute approximate surface area is 82.7 Å². The molecule has 0 aromatic carbocycles. The summed E-state index contributed by atoms with van der Waals surface area (Å²) in [7, 11) is 0. The molecule has 1 aliphatic carbocycles. The van der Waals surface area contributed by atoms with Crippen LogP contribution in [-0.2, 0) is 9.59 Å². The summed E-state index contributed by atoms with van der Waals surface area (Å²) in [5.41, 5.74) is -1.45. The van der Waals surface area contributed by atoms with Crippen molar-refractivity contribution in [3.05, 3.63) is 0 Å². The topological polar surface area (TPSA) is 66.4 Å². The van der Waals surface area contributed by atoms with Gasteiger partial charge in [0.2, 0.25) is 0 Å². The maximum Gasteiger partial charge on any atom is 0.252 e. The first-order chi connectivity index (χ1) is 6.58. The van der Waals surface area contributed by atoms with Crippen molar-refractivity contribution in [2.45, 2.75) is 44.2 Å². The van der Waals surface area contributed by atoms with Gasteiger partial charge in [-0.2, -0.15) is 0 Å². The second-order valence-electron chi connectivity index (χ2n) is 4.24. The maximum atomic E-state index is 11.6. The largest absolute Gasteiger partial charge is 0.379 e. The second-order valence-corrected chi connectivity index (χ2v) is 4.24. The Hall–Kier alpha value is -0.900. The van der Waals surface area contributed by atoms with Crippen LogP contribution in [-0.4, -0.2) is 28.4 Å². The van der Waals surface area contributed by atoms with E-state index in [2.05, 4.69) is 5.32 Å². The molecule has 0 radical (unpaired) electrons. The molecule has 14 heavy (non-hydrogen) atoms. The standard InChI is InChI=1S/C10H15NO3/c1-2-10(14)7-5-6(11-9(10)13)3-4-8(7)12/h6-7,14H,2-5H2,1H3,(H,11,13)/t6-,7-,10+/m0/s1. The van der Waals surface area contributed by atoms with E-state index >= 15 is 0 Å². The monoisotopic (exact) mass is 197 g/mol. The van der Waals surface area contributed by atoms with Crippen LogP contribution in [0.15, 0.2) is 0 Å². The molecule has 1 heterocycles. The Morgan fingerprint density at radius 1 is 1.57 bits per heavy atom. The predicted octanol–water partition coefficient (Wildman–Crippen LogP) is -0.00490. The molecule has 4 nitrogen and oxygen atoms in total. The Kier molecular flexibility index (Phi) is 2.10. The third kappa shape index (κ3) is 1.17. The minimum atomic E-state index is -1.45. The molecule has 4 heteroatoms. The van der Waals surface area contributed by atoms with E-state index in [1.165, 1.54) is 0 Å². The molecular formula is C10H15NO3. The Balaban J connectivity index is 2.32. The van der Waals surface area contributed by atoms with E-state index in [1.54, 1.807) is 6.92 Å². The van der Waals surface area contributed by atoms with Crippen LogP contribution in [0.2, 0.25) is 0 Å². The van der Waals surface area contributed by atoms with Crippen molar-refractivity contribution in [3.63, 3.8) is 0 Å². The number of carbonyl (C=O) groups excluding carboxylic acids is 2. The first-order valence-electron chi connectivity index (χ1n) is 5.14. The van der Waals surface area contributed by atoms with E-state index in [0.717, 1.165) is 6.42 Å². The van der Waals surface area contributed by atoms with Gasteiger partial charge in [0.15, 0.2) is 5.60 Å². The van der Waals surface area contributed by atoms with Crippen molar-refractivity contribution >= 4 is 11.7 Å². The molecule has 1 saturated carbocycles. The molecule has 1 saturated heterocycles. The summed E-state index contributed by atoms with van der Waals surface area (Å²) in [5, 5.41) is 12.9. The fourth-order valence-corrected chi connectivity index (χ4v) is 2.49. The van der Waals surface area contributed by atoms with Crippen molar-refractivity contribution in [2.75, 3.05) is 0 Å². The lowest BCUT2D eigenvalue weighted by molar-refractivity contribution is -0.162. The number of ketones is 1. The highest BCUT2D eigenvalue weighted by Gasteiger charge is 2.52. The van der Waals surface area contributed by atoms with Gasteiger partial charge in [-0.25, -0.2) is 0 Å². The van der Waals surface area contributed by atoms with Gasteiger partial charge in [-0.15, -0.1) is 0 Å². The van der Waals surface area contributed by atoms with Gasteiger partial charge in [0.05, 0.1) is 5.92 Å². The molecule has 78 valence electrons. The molecule has 2 bridgehead atoms. The van der Waals surface area contributed by atoms with E-state index in [-0.39, 0.29) is 17.7 Å². The molecule has 2 aliphatic rings. The molecule has 1 aliphatic heterocycles. The number of aliphatic hydroxyl groups is 1. The first-order valence-corrected chi connectivity index (χ1v) is 5.14. The zero-order valence-electron chi connectivity index (χ0n) is 8.25. The van der Waals surface area contributed by atoms with Crippen LogP contribution in [0.1, 0.15) is 32.6 Å². The molecule has 0 aromatic rings. The van der Waals surface area contributed by atoms with Crippen LogP contribution in [0.25, 0.3) is 0 Å². The second kappa shape index (κ2) is 3.05. The van der Waals surface area contributed by atoms with Crippen LogP contribution < -0.4 is 5.32 Å². The average molecular weight is 197 g/mol. The Morgan fingerprint density at radius 2 is 2.29 bits per heavy atom. The number of carbonyl (C=O) groups is 2. The molecule has 0 unspecified atom stereocenters. The van der Waals surface area contributed by atoms with E-state index in [1.807, 2.05) is 0 Å². The summed E-state index contributed by atoms with van der Waals surface area (Å²) < 4.78 is 0. The van der Waals surface area contributed by atoms with Crippen molar-refractivity contribution in [3.8, 4) is 0 Å². The number of Topliss-reactive ketones (excluding diaryl/α,β-unsaturated/α-hetero) is 1. The fourth-order valence-electron chi connectivity index (χ4n) is 2.49. The fraction of sp³-hybridized carbons (Fsp3) is 0.800. The van der Waals surface area contributed by atoms with E-state index in [4.69, 9.17) is 0 Å². The molecule has 2 rings (SSSR count). The third-order valence-corrected chi connectivity index (χ3v) is 3.49. The lowest BCUT2D eigenvalue weighted by atomic mass is 9.69. The summed E-state index contributed by atoms with van der Waals surface area (Å²) in [6.45, 7) is 1.74. The molecular weight excluding hydrogens is 182 g/mol. The van der Waals surface area contributed by atoms with Gasteiger partial charge in [0, 0.05) is 12.5 Å². The van der Waals surface area contributed by atoms with Gasteiger partial charge in [-0.3, -0.25) is 9.59 Å².